The van der Waals surface area contributed by atoms with Crippen molar-refractivity contribution >= 4 is 0 Å². The summed E-state index contributed by atoms with van der Waals surface area (Å²) in [6.45, 7) is 10.3. The van der Waals surface area contributed by atoms with Crippen LogP contribution >= 0.6 is 0 Å². The summed E-state index contributed by atoms with van der Waals surface area (Å²) in [6, 6.07) is 0.903. The molecular formula is C17H36N2O. The lowest BCUT2D eigenvalue weighted by Crippen LogP contribution is -2.47. The van der Waals surface area contributed by atoms with Gasteiger partial charge in [-0.3, -0.25) is 0 Å². The number of aliphatic hydroxyl groups is 1. The van der Waals surface area contributed by atoms with Crippen molar-refractivity contribution in [3.8, 4) is 0 Å². The van der Waals surface area contributed by atoms with E-state index in [4.69, 9.17) is 10.8 Å². The number of rotatable bonds is 7. The number of nitrogens with two attached hydrogens (primary N) is 1. The second-order valence-corrected chi connectivity index (χ2v) is 7.75. The van der Waals surface area contributed by atoms with Crippen molar-refractivity contribution < 1.29 is 5.11 Å². The second kappa shape index (κ2) is 8.35. The number of aliphatic hydroxyl groups excluding tert-OH is 1. The van der Waals surface area contributed by atoms with Gasteiger partial charge in [-0.2, -0.15) is 0 Å². The summed E-state index contributed by atoms with van der Waals surface area (Å²) in [5.41, 5.74) is 6.44. The fourth-order valence-corrected chi connectivity index (χ4v) is 3.63. The molecule has 1 rings (SSSR count). The maximum atomic E-state index is 8.91. The van der Waals surface area contributed by atoms with E-state index in [1.54, 1.807) is 0 Å². The fourth-order valence-electron chi connectivity index (χ4n) is 3.63. The van der Waals surface area contributed by atoms with Gasteiger partial charge in [-0.25, -0.2) is 0 Å². The summed E-state index contributed by atoms with van der Waals surface area (Å²) >= 11 is 0. The zero-order chi connectivity index (χ0) is 15.2. The zero-order valence-electron chi connectivity index (χ0n) is 14.0. The van der Waals surface area contributed by atoms with Gasteiger partial charge in [-0.15, -0.1) is 0 Å². The zero-order valence-corrected chi connectivity index (χ0v) is 14.0. The molecule has 0 aliphatic heterocycles. The van der Waals surface area contributed by atoms with Gasteiger partial charge in [0, 0.05) is 25.2 Å². The maximum absolute atomic E-state index is 8.91. The first-order chi connectivity index (χ1) is 9.38. The SMILES string of the molecule is CC(CCCO)NC(CN)C1CCC(C(C)(C)C)CC1. The molecule has 0 amide bonds. The third-order valence-corrected chi connectivity index (χ3v) is 5.11. The smallest absolute Gasteiger partial charge is 0.0431 e. The Hall–Kier alpha value is -0.120. The highest BCUT2D eigenvalue weighted by molar-refractivity contribution is 4.87. The van der Waals surface area contributed by atoms with Crippen molar-refractivity contribution in [1.82, 2.24) is 5.32 Å². The minimum atomic E-state index is 0.288. The molecule has 3 nitrogen and oxygen atoms in total. The van der Waals surface area contributed by atoms with E-state index in [9.17, 15) is 0 Å². The minimum Gasteiger partial charge on any atom is -0.396 e. The molecule has 1 aliphatic rings. The molecule has 0 heterocycles. The number of hydrogen-bond donors (Lipinski definition) is 3. The van der Waals surface area contributed by atoms with Gasteiger partial charge in [0.05, 0.1) is 0 Å². The number of hydrogen-bond acceptors (Lipinski definition) is 3. The molecule has 20 heavy (non-hydrogen) atoms. The molecule has 2 unspecified atom stereocenters. The van der Waals surface area contributed by atoms with Gasteiger partial charge in [-0.05, 0) is 62.7 Å². The first-order valence-electron chi connectivity index (χ1n) is 8.45. The lowest BCUT2D eigenvalue weighted by atomic mass is 9.68. The van der Waals surface area contributed by atoms with Crippen molar-refractivity contribution in [2.75, 3.05) is 13.2 Å². The Bertz CT molecular complexity index is 254. The molecule has 120 valence electrons. The molecule has 0 saturated heterocycles. The first kappa shape index (κ1) is 17.9. The van der Waals surface area contributed by atoms with Crippen LogP contribution in [0.4, 0.5) is 0 Å². The van der Waals surface area contributed by atoms with Crippen LogP contribution in [-0.4, -0.2) is 30.3 Å². The monoisotopic (exact) mass is 284 g/mol. The molecular weight excluding hydrogens is 248 g/mol. The third kappa shape index (κ3) is 5.71. The Morgan fingerprint density at radius 3 is 2.25 bits per heavy atom. The summed E-state index contributed by atoms with van der Waals surface area (Å²) in [4.78, 5) is 0. The molecule has 0 aromatic rings. The van der Waals surface area contributed by atoms with Crippen molar-refractivity contribution in [1.29, 1.82) is 0 Å². The van der Waals surface area contributed by atoms with Crippen LogP contribution in [0.3, 0.4) is 0 Å². The van der Waals surface area contributed by atoms with Crippen LogP contribution in [0.25, 0.3) is 0 Å². The molecule has 0 aromatic heterocycles. The Labute approximate surface area is 125 Å². The Morgan fingerprint density at radius 1 is 1.20 bits per heavy atom. The van der Waals surface area contributed by atoms with Crippen molar-refractivity contribution in [3.63, 3.8) is 0 Å². The molecule has 3 heteroatoms. The quantitative estimate of drug-likeness (QED) is 0.674. The predicted molar refractivity (Wildman–Crippen MR) is 86.7 cm³/mol. The summed E-state index contributed by atoms with van der Waals surface area (Å²) in [5.74, 6) is 1.60. The van der Waals surface area contributed by atoms with E-state index in [1.165, 1.54) is 25.7 Å². The normalized spacial score (nSPS) is 27.3. The summed E-state index contributed by atoms with van der Waals surface area (Å²) in [5, 5.41) is 12.6. The van der Waals surface area contributed by atoms with E-state index in [0.717, 1.165) is 31.2 Å². The predicted octanol–water partition coefficient (Wildman–Crippen LogP) is 2.92. The molecule has 2 atom stereocenters. The van der Waals surface area contributed by atoms with Crippen molar-refractivity contribution in [3.05, 3.63) is 0 Å². The van der Waals surface area contributed by atoms with E-state index in [2.05, 4.69) is 33.0 Å². The average Bonchev–Trinajstić information content (AvgIpc) is 2.41. The Morgan fingerprint density at radius 2 is 1.80 bits per heavy atom. The van der Waals surface area contributed by atoms with Crippen LogP contribution in [0.2, 0.25) is 0 Å². The van der Waals surface area contributed by atoms with Crippen LogP contribution in [-0.2, 0) is 0 Å². The molecule has 0 spiro atoms. The molecule has 1 aliphatic carbocycles. The van der Waals surface area contributed by atoms with Crippen molar-refractivity contribution in [2.45, 2.75) is 78.3 Å². The maximum Gasteiger partial charge on any atom is 0.0431 e. The van der Waals surface area contributed by atoms with Gasteiger partial charge >= 0.3 is 0 Å². The summed E-state index contributed by atoms with van der Waals surface area (Å²) in [7, 11) is 0. The van der Waals surface area contributed by atoms with E-state index in [1.807, 2.05) is 0 Å². The van der Waals surface area contributed by atoms with E-state index in [-0.39, 0.29) is 6.61 Å². The highest BCUT2D eigenvalue weighted by atomic mass is 16.2. The summed E-state index contributed by atoms with van der Waals surface area (Å²) in [6.07, 6.45) is 7.22. The van der Waals surface area contributed by atoms with Crippen LogP contribution < -0.4 is 11.1 Å². The molecule has 1 saturated carbocycles. The van der Waals surface area contributed by atoms with E-state index in [0.29, 0.717) is 17.5 Å². The second-order valence-electron chi connectivity index (χ2n) is 7.75. The topological polar surface area (TPSA) is 58.3 Å². The lowest BCUT2D eigenvalue weighted by Gasteiger charge is -2.40. The highest BCUT2D eigenvalue weighted by Gasteiger charge is 2.32. The highest BCUT2D eigenvalue weighted by Crippen LogP contribution is 2.40. The standard InChI is InChI=1S/C17H36N2O/c1-13(6-5-11-20)19-16(12-18)14-7-9-15(10-8-14)17(2,3)4/h13-16,19-20H,5-12,18H2,1-4H3. The fraction of sp³-hybridized carbons (Fsp3) is 1.00. The first-order valence-corrected chi connectivity index (χ1v) is 8.45. The van der Waals surface area contributed by atoms with Crippen LogP contribution in [0, 0.1) is 17.3 Å². The number of nitrogens with one attached hydrogen (secondary N) is 1. The summed E-state index contributed by atoms with van der Waals surface area (Å²) < 4.78 is 0. The van der Waals surface area contributed by atoms with E-state index >= 15 is 0 Å². The van der Waals surface area contributed by atoms with Crippen LogP contribution in [0.1, 0.15) is 66.2 Å². The lowest BCUT2D eigenvalue weighted by molar-refractivity contribution is 0.130. The van der Waals surface area contributed by atoms with Gasteiger partial charge in [0.25, 0.3) is 0 Å². The van der Waals surface area contributed by atoms with Gasteiger partial charge in [0.1, 0.15) is 0 Å². The van der Waals surface area contributed by atoms with Crippen LogP contribution in [0.15, 0.2) is 0 Å². The van der Waals surface area contributed by atoms with Crippen LogP contribution in [0.5, 0.6) is 0 Å². The Kier molecular flexibility index (Phi) is 7.49. The van der Waals surface area contributed by atoms with Gasteiger partial charge in [0.2, 0.25) is 0 Å². The average molecular weight is 284 g/mol. The van der Waals surface area contributed by atoms with Gasteiger partial charge in [-0.1, -0.05) is 20.8 Å². The van der Waals surface area contributed by atoms with Gasteiger partial charge in [0.15, 0.2) is 0 Å². The molecule has 1 fully saturated rings. The van der Waals surface area contributed by atoms with Gasteiger partial charge < -0.3 is 16.2 Å². The van der Waals surface area contributed by atoms with Crippen molar-refractivity contribution in [2.24, 2.45) is 23.0 Å². The molecule has 0 radical (unpaired) electrons. The Balaban J connectivity index is 2.40. The third-order valence-electron chi connectivity index (χ3n) is 5.11. The largest absolute Gasteiger partial charge is 0.396 e. The molecule has 0 bridgehead atoms. The van der Waals surface area contributed by atoms with E-state index < -0.39 is 0 Å². The minimum absolute atomic E-state index is 0.288. The molecule has 4 N–H and O–H groups in total. The molecule has 0 aromatic carbocycles.